The second-order valence-corrected chi connectivity index (χ2v) is 5.81. The van der Waals surface area contributed by atoms with Gasteiger partial charge < -0.3 is 14.8 Å². The highest BCUT2D eigenvalue weighted by molar-refractivity contribution is 5.98. The second-order valence-electron chi connectivity index (χ2n) is 5.81. The van der Waals surface area contributed by atoms with Gasteiger partial charge in [-0.1, -0.05) is 12.1 Å². The molecule has 0 aliphatic rings. The molecule has 0 radical (unpaired) electrons. The average Bonchev–Trinajstić information content (AvgIpc) is 2.67. The van der Waals surface area contributed by atoms with Gasteiger partial charge >= 0.3 is 5.97 Å². The number of nitrogens with one attached hydrogen (secondary N) is 1. The highest BCUT2D eigenvalue weighted by atomic mass is 16.5. The van der Waals surface area contributed by atoms with Crippen molar-refractivity contribution in [1.82, 2.24) is 0 Å². The standard InChI is InChI=1S/C21H21NO5/c1-14(23)17-7-9-18(10-8-17)22-21(25)15(2)27-20(24)13-6-16-4-11-19(26-3)12-5-16/h4-13,15H,1-3H3,(H,22,25)/b13-6+. The van der Waals surface area contributed by atoms with Crippen LogP contribution in [0.3, 0.4) is 0 Å². The summed E-state index contributed by atoms with van der Waals surface area (Å²) in [5.41, 5.74) is 1.87. The van der Waals surface area contributed by atoms with Gasteiger partial charge in [0.2, 0.25) is 0 Å². The molecule has 1 atom stereocenters. The van der Waals surface area contributed by atoms with Gasteiger partial charge in [0, 0.05) is 17.3 Å². The topological polar surface area (TPSA) is 81.7 Å². The molecule has 1 N–H and O–H groups in total. The number of esters is 1. The van der Waals surface area contributed by atoms with E-state index in [9.17, 15) is 14.4 Å². The largest absolute Gasteiger partial charge is 0.497 e. The average molecular weight is 367 g/mol. The number of amides is 1. The summed E-state index contributed by atoms with van der Waals surface area (Å²) in [6, 6.07) is 13.6. The highest BCUT2D eigenvalue weighted by Crippen LogP contribution is 2.13. The third-order valence-corrected chi connectivity index (χ3v) is 3.75. The zero-order valence-electron chi connectivity index (χ0n) is 15.4. The summed E-state index contributed by atoms with van der Waals surface area (Å²) in [4.78, 5) is 35.2. The van der Waals surface area contributed by atoms with Gasteiger partial charge in [0.05, 0.1) is 7.11 Å². The van der Waals surface area contributed by atoms with Crippen LogP contribution in [0.4, 0.5) is 5.69 Å². The van der Waals surface area contributed by atoms with E-state index in [2.05, 4.69) is 5.32 Å². The van der Waals surface area contributed by atoms with Gasteiger partial charge in [-0.15, -0.1) is 0 Å². The third kappa shape index (κ3) is 6.11. The minimum atomic E-state index is -0.967. The molecule has 0 heterocycles. The maximum absolute atomic E-state index is 12.1. The number of hydrogen-bond donors (Lipinski definition) is 1. The number of Topliss-reactive ketones (excluding diaryl/α,β-unsaturated/α-hetero) is 1. The van der Waals surface area contributed by atoms with E-state index in [1.807, 2.05) is 0 Å². The molecule has 0 aromatic heterocycles. The smallest absolute Gasteiger partial charge is 0.331 e. The van der Waals surface area contributed by atoms with Crippen LogP contribution in [0.1, 0.15) is 29.8 Å². The Balaban J connectivity index is 1.87. The molecule has 2 rings (SSSR count). The van der Waals surface area contributed by atoms with Gasteiger partial charge in [-0.25, -0.2) is 4.79 Å². The van der Waals surface area contributed by atoms with E-state index >= 15 is 0 Å². The number of benzene rings is 2. The van der Waals surface area contributed by atoms with Crippen molar-refractivity contribution in [2.45, 2.75) is 20.0 Å². The van der Waals surface area contributed by atoms with Crippen LogP contribution in [-0.2, 0) is 14.3 Å². The molecule has 0 saturated carbocycles. The summed E-state index contributed by atoms with van der Waals surface area (Å²) in [6.45, 7) is 2.95. The summed E-state index contributed by atoms with van der Waals surface area (Å²) >= 11 is 0. The summed E-state index contributed by atoms with van der Waals surface area (Å²) in [5, 5.41) is 2.63. The number of ether oxygens (including phenoxy) is 2. The molecule has 0 fully saturated rings. The monoisotopic (exact) mass is 367 g/mol. The van der Waals surface area contributed by atoms with Gasteiger partial charge in [0.1, 0.15) is 5.75 Å². The number of anilines is 1. The fraction of sp³-hybridized carbons (Fsp3) is 0.190. The van der Waals surface area contributed by atoms with Crippen LogP contribution in [-0.4, -0.2) is 30.9 Å². The van der Waals surface area contributed by atoms with Gasteiger partial charge in [-0.2, -0.15) is 0 Å². The first-order chi connectivity index (χ1) is 12.9. The zero-order valence-corrected chi connectivity index (χ0v) is 15.4. The Labute approximate surface area is 157 Å². The van der Waals surface area contributed by atoms with E-state index in [0.29, 0.717) is 11.3 Å². The third-order valence-electron chi connectivity index (χ3n) is 3.75. The molecule has 6 heteroatoms. The van der Waals surface area contributed by atoms with E-state index in [4.69, 9.17) is 9.47 Å². The van der Waals surface area contributed by atoms with Crippen LogP contribution in [0.15, 0.2) is 54.6 Å². The Hall–Kier alpha value is -3.41. The Kier molecular flexibility index (Phi) is 6.88. The van der Waals surface area contributed by atoms with Crippen molar-refractivity contribution in [2.24, 2.45) is 0 Å². The molecule has 0 spiro atoms. The second kappa shape index (κ2) is 9.33. The molecule has 6 nitrogen and oxygen atoms in total. The van der Waals surface area contributed by atoms with Crippen molar-refractivity contribution in [1.29, 1.82) is 0 Å². The van der Waals surface area contributed by atoms with Gasteiger partial charge in [-0.05, 0) is 61.9 Å². The maximum Gasteiger partial charge on any atom is 0.331 e. The van der Waals surface area contributed by atoms with Crippen LogP contribution < -0.4 is 10.1 Å². The summed E-state index contributed by atoms with van der Waals surface area (Å²) in [6.07, 6.45) is 1.88. The predicted octanol–water partition coefficient (Wildman–Crippen LogP) is 3.48. The van der Waals surface area contributed by atoms with Crippen molar-refractivity contribution in [3.05, 3.63) is 65.7 Å². The molecule has 27 heavy (non-hydrogen) atoms. The van der Waals surface area contributed by atoms with E-state index in [1.54, 1.807) is 61.7 Å². The van der Waals surface area contributed by atoms with E-state index in [-0.39, 0.29) is 5.78 Å². The first-order valence-corrected chi connectivity index (χ1v) is 8.33. The fourth-order valence-corrected chi connectivity index (χ4v) is 2.18. The highest BCUT2D eigenvalue weighted by Gasteiger charge is 2.16. The molecule has 0 bridgehead atoms. The lowest BCUT2D eigenvalue weighted by atomic mass is 10.1. The number of carbonyl (C=O) groups excluding carboxylic acids is 3. The Bertz CT molecular complexity index is 838. The van der Waals surface area contributed by atoms with E-state index < -0.39 is 18.0 Å². The van der Waals surface area contributed by atoms with E-state index in [1.165, 1.54) is 19.9 Å². The lowest BCUT2D eigenvalue weighted by Crippen LogP contribution is -2.29. The quantitative estimate of drug-likeness (QED) is 0.460. The number of methoxy groups -OCH3 is 1. The normalized spacial score (nSPS) is 11.7. The van der Waals surface area contributed by atoms with Crippen molar-refractivity contribution in [2.75, 3.05) is 12.4 Å². The lowest BCUT2D eigenvalue weighted by molar-refractivity contribution is -0.148. The molecular formula is C21H21NO5. The molecule has 0 saturated heterocycles. The molecule has 2 aromatic carbocycles. The molecule has 2 aromatic rings. The summed E-state index contributed by atoms with van der Waals surface area (Å²) < 4.78 is 10.2. The summed E-state index contributed by atoms with van der Waals surface area (Å²) in [7, 11) is 1.58. The Morgan fingerprint density at radius 1 is 1.00 bits per heavy atom. The Morgan fingerprint density at radius 3 is 2.19 bits per heavy atom. The van der Waals surface area contributed by atoms with Gasteiger partial charge in [0.15, 0.2) is 11.9 Å². The Morgan fingerprint density at radius 2 is 1.63 bits per heavy atom. The summed E-state index contributed by atoms with van der Waals surface area (Å²) in [5.74, 6) is -0.424. The zero-order chi connectivity index (χ0) is 19.8. The number of rotatable bonds is 7. The van der Waals surface area contributed by atoms with Crippen LogP contribution >= 0.6 is 0 Å². The number of ketones is 1. The van der Waals surface area contributed by atoms with Crippen molar-refractivity contribution < 1.29 is 23.9 Å². The van der Waals surface area contributed by atoms with Crippen LogP contribution in [0.25, 0.3) is 6.08 Å². The molecule has 140 valence electrons. The van der Waals surface area contributed by atoms with Crippen molar-refractivity contribution in [3.63, 3.8) is 0 Å². The molecule has 0 aliphatic carbocycles. The van der Waals surface area contributed by atoms with E-state index in [0.717, 1.165) is 11.3 Å². The number of hydrogen-bond acceptors (Lipinski definition) is 5. The molecule has 1 unspecified atom stereocenters. The van der Waals surface area contributed by atoms with Crippen LogP contribution in [0, 0.1) is 0 Å². The van der Waals surface area contributed by atoms with Crippen molar-refractivity contribution in [3.8, 4) is 5.75 Å². The lowest BCUT2D eigenvalue weighted by Gasteiger charge is -2.12. The predicted molar refractivity (Wildman–Crippen MR) is 103 cm³/mol. The SMILES string of the molecule is COc1ccc(/C=C/C(=O)OC(C)C(=O)Nc2ccc(C(C)=O)cc2)cc1. The van der Waals surface area contributed by atoms with Gasteiger partial charge in [0.25, 0.3) is 5.91 Å². The minimum Gasteiger partial charge on any atom is -0.497 e. The first kappa shape index (κ1) is 19.9. The first-order valence-electron chi connectivity index (χ1n) is 8.33. The molecular weight excluding hydrogens is 346 g/mol. The fourth-order valence-electron chi connectivity index (χ4n) is 2.18. The number of carbonyl (C=O) groups is 3. The maximum atomic E-state index is 12.1. The van der Waals surface area contributed by atoms with Crippen LogP contribution in [0.2, 0.25) is 0 Å². The molecule has 0 aliphatic heterocycles. The minimum absolute atomic E-state index is 0.0566. The van der Waals surface area contributed by atoms with Crippen LogP contribution in [0.5, 0.6) is 5.75 Å². The van der Waals surface area contributed by atoms with Crippen molar-refractivity contribution >= 4 is 29.4 Å². The molecule has 1 amide bonds. The van der Waals surface area contributed by atoms with Gasteiger partial charge in [-0.3, -0.25) is 9.59 Å².